The molecule has 31 heavy (non-hydrogen) atoms. The minimum Gasteiger partial charge on any atom is -0.492 e. The summed E-state index contributed by atoms with van der Waals surface area (Å²) in [6.07, 6.45) is 0. The summed E-state index contributed by atoms with van der Waals surface area (Å²) in [5.41, 5.74) is 3.29. The van der Waals surface area contributed by atoms with Gasteiger partial charge in [0.05, 0.1) is 17.5 Å². The number of rotatable bonds is 10. The summed E-state index contributed by atoms with van der Waals surface area (Å²) in [5, 5.41) is 11.2. The third-order valence-corrected chi connectivity index (χ3v) is 7.80. The first-order valence-electron chi connectivity index (χ1n) is 10.2. The lowest BCUT2D eigenvalue weighted by atomic mass is 10.0. The van der Waals surface area contributed by atoms with Crippen molar-refractivity contribution in [2.45, 2.75) is 53.3 Å². The second-order valence-electron chi connectivity index (χ2n) is 7.20. The lowest BCUT2D eigenvalue weighted by molar-refractivity contribution is -0.115. The van der Waals surface area contributed by atoms with Crippen LogP contribution in [0.4, 0.5) is 5.69 Å². The van der Waals surface area contributed by atoms with Gasteiger partial charge in [-0.25, -0.2) is 0 Å². The number of anilines is 1. The average Bonchev–Trinajstić information content (AvgIpc) is 3.21. The van der Waals surface area contributed by atoms with Gasteiger partial charge in [-0.2, -0.15) is 0 Å². The molecule has 0 aliphatic rings. The summed E-state index contributed by atoms with van der Waals surface area (Å²) in [6.45, 7) is 8.73. The van der Waals surface area contributed by atoms with E-state index in [4.69, 9.17) is 4.74 Å². The summed E-state index contributed by atoms with van der Waals surface area (Å²) in [6, 6.07) is 16.2. The van der Waals surface area contributed by atoms with E-state index in [0.717, 1.165) is 14.4 Å². The fourth-order valence-corrected chi connectivity index (χ4v) is 5.86. The molecule has 0 bridgehead atoms. The number of hydrogen-bond donors (Lipinski definition) is 1. The van der Waals surface area contributed by atoms with Gasteiger partial charge in [0.15, 0.2) is 8.68 Å². The van der Waals surface area contributed by atoms with E-state index >= 15 is 0 Å². The highest BCUT2D eigenvalue weighted by Gasteiger charge is 2.19. The molecular weight excluding hydrogens is 446 g/mol. The van der Waals surface area contributed by atoms with Crippen molar-refractivity contribution in [3.63, 3.8) is 0 Å². The predicted molar refractivity (Wildman–Crippen MR) is 132 cm³/mol. The zero-order valence-corrected chi connectivity index (χ0v) is 20.6. The number of benzene rings is 2. The molecule has 0 spiro atoms. The Kier molecular flexibility index (Phi) is 8.80. The Balaban J connectivity index is 1.52. The van der Waals surface area contributed by atoms with Crippen LogP contribution < -0.4 is 10.1 Å². The second-order valence-corrected chi connectivity index (χ2v) is 11.0. The van der Waals surface area contributed by atoms with Gasteiger partial charge in [0, 0.05) is 5.75 Å². The number of aromatic nitrogens is 2. The maximum atomic E-state index is 12.6. The molecule has 0 saturated heterocycles. The highest BCUT2D eigenvalue weighted by atomic mass is 32.2. The second kappa shape index (κ2) is 11.5. The molecule has 1 heterocycles. The van der Waals surface area contributed by atoms with Crippen molar-refractivity contribution in [3.8, 4) is 5.75 Å². The fourth-order valence-electron chi connectivity index (χ4n) is 2.74. The van der Waals surface area contributed by atoms with Gasteiger partial charge in [-0.1, -0.05) is 85.1 Å². The molecule has 3 rings (SSSR count). The van der Waals surface area contributed by atoms with Crippen LogP contribution in [-0.2, 0) is 10.5 Å². The predicted octanol–water partition coefficient (Wildman–Crippen LogP) is 6.47. The monoisotopic (exact) mass is 473 g/mol. The largest absolute Gasteiger partial charge is 0.492 e. The van der Waals surface area contributed by atoms with Gasteiger partial charge in [0.1, 0.15) is 5.75 Å². The van der Waals surface area contributed by atoms with Gasteiger partial charge < -0.3 is 10.1 Å². The number of carbonyl (C=O) groups excluding carboxylic acids is 1. The molecule has 0 aliphatic heterocycles. The molecule has 3 aromatic rings. The van der Waals surface area contributed by atoms with Crippen molar-refractivity contribution in [1.82, 2.24) is 10.2 Å². The van der Waals surface area contributed by atoms with Gasteiger partial charge in [0.25, 0.3) is 0 Å². The molecule has 1 aromatic heterocycles. The quantitative estimate of drug-likeness (QED) is 0.340. The molecule has 0 fully saturated rings. The van der Waals surface area contributed by atoms with E-state index in [-0.39, 0.29) is 11.2 Å². The molecule has 8 heteroatoms. The SMILES string of the molecule is CCOc1ccccc1NC(=O)C(C)Sc1nnc(SCc2ccc(C(C)C)cc2)s1. The number of nitrogens with one attached hydrogen (secondary N) is 1. The first kappa shape index (κ1) is 23.6. The third kappa shape index (κ3) is 6.98. The van der Waals surface area contributed by atoms with Crippen molar-refractivity contribution in [2.24, 2.45) is 0 Å². The number of carbonyl (C=O) groups is 1. The van der Waals surface area contributed by atoms with Crippen molar-refractivity contribution in [1.29, 1.82) is 0 Å². The Morgan fingerprint density at radius 1 is 1.06 bits per heavy atom. The van der Waals surface area contributed by atoms with Crippen LogP contribution >= 0.6 is 34.9 Å². The number of ether oxygens (including phenoxy) is 1. The lowest BCUT2D eigenvalue weighted by Crippen LogP contribution is -2.22. The van der Waals surface area contributed by atoms with Crippen LogP contribution in [-0.4, -0.2) is 28.0 Å². The maximum absolute atomic E-state index is 12.6. The number of hydrogen-bond acceptors (Lipinski definition) is 7. The number of para-hydroxylation sites is 2. The minimum absolute atomic E-state index is 0.0909. The highest BCUT2D eigenvalue weighted by molar-refractivity contribution is 8.03. The minimum atomic E-state index is -0.302. The van der Waals surface area contributed by atoms with Crippen LogP contribution in [0.25, 0.3) is 0 Å². The van der Waals surface area contributed by atoms with Crippen molar-refractivity contribution < 1.29 is 9.53 Å². The first-order chi connectivity index (χ1) is 15.0. The van der Waals surface area contributed by atoms with E-state index in [1.165, 1.54) is 34.2 Å². The Hall–Kier alpha value is -2.03. The maximum Gasteiger partial charge on any atom is 0.237 e. The number of thioether (sulfide) groups is 2. The Bertz CT molecular complexity index is 990. The molecular formula is C23H27N3O2S3. The van der Waals surface area contributed by atoms with Crippen molar-refractivity contribution in [3.05, 3.63) is 59.7 Å². The molecule has 2 aromatic carbocycles. The molecule has 1 N–H and O–H groups in total. The van der Waals surface area contributed by atoms with Crippen molar-refractivity contribution >= 4 is 46.5 Å². The zero-order chi connectivity index (χ0) is 22.2. The van der Waals surface area contributed by atoms with Gasteiger partial charge in [0.2, 0.25) is 5.91 Å². The van der Waals surface area contributed by atoms with Crippen LogP contribution in [0.2, 0.25) is 0 Å². The summed E-state index contributed by atoms with van der Waals surface area (Å²) >= 11 is 4.61. The molecule has 1 amide bonds. The lowest BCUT2D eigenvalue weighted by Gasteiger charge is -2.13. The summed E-state index contributed by atoms with van der Waals surface area (Å²) < 4.78 is 7.27. The van der Waals surface area contributed by atoms with E-state index in [0.29, 0.717) is 24.0 Å². The third-order valence-electron chi connectivity index (χ3n) is 4.49. The van der Waals surface area contributed by atoms with Crippen molar-refractivity contribution in [2.75, 3.05) is 11.9 Å². The van der Waals surface area contributed by atoms with Crippen LogP contribution in [0.3, 0.4) is 0 Å². The number of nitrogens with zero attached hydrogens (tertiary/aromatic N) is 2. The Morgan fingerprint density at radius 2 is 1.77 bits per heavy atom. The molecule has 1 unspecified atom stereocenters. The normalized spacial score (nSPS) is 12.0. The van der Waals surface area contributed by atoms with Crippen LogP contribution in [0, 0.1) is 0 Å². The summed E-state index contributed by atoms with van der Waals surface area (Å²) in [4.78, 5) is 12.6. The van der Waals surface area contributed by atoms with Gasteiger partial charge in [-0.3, -0.25) is 4.79 Å². The topological polar surface area (TPSA) is 64.1 Å². The van der Waals surface area contributed by atoms with Gasteiger partial charge >= 0.3 is 0 Å². The van der Waals surface area contributed by atoms with Crippen LogP contribution in [0.15, 0.2) is 57.2 Å². The summed E-state index contributed by atoms with van der Waals surface area (Å²) in [7, 11) is 0. The first-order valence-corrected chi connectivity index (χ1v) is 12.9. The van der Waals surface area contributed by atoms with E-state index in [1.54, 1.807) is 11.8 Å². The molecule has 1 atom stereocenters. The Morgan fingerprint density at radius 3 is 2.48 bits per heavy atom. The Labute approximate surface area is 196 Å². The van der Waals surface area contributed by atoms with Crippen LogP contribution in [0.1, 0.15) is 44.7 Å². The van der Waals surface area contributed by atoms with Gasteiger partial charge in [-0.05, 0) is 43.0 Å². The van der Waals surface area contributed by atoms with E-state index < -0.39 is 0 Å². The van der Waals surface area contributed by atoms with Gasteiger partial charge in [-0.15, -0.1) is 10.2 Å². The van der Waals surface area contributed by atoms with E-state index in [1.807, 2.05) is 38.1 Å². The molecule has 0 saturated carbocycles. The molecule has 5 nitrogen and oxygen atoms in total. The zero-order valence-electron chi connectivity index (χ0n) is 18.1. The summed E-state index contributed by atoms with van der Waals surface area (Å²) in [5.74, 6) is 1.97. The standard InChI is InChI=1S/C23H27N3O2S3/c1-5-28-20-9-7-6-8-19(20)24-21(27)16(4)30-23-26-25-22(31-23)29-14-17-10-12-18(13-11-17)15(2)3/h6-13,15-16H,5,14H2,1-4H3,(H,24,27). The number of amides is 1. The molecule has 0 radical (unpaired) electrons. The van der Waals surface area contributed by atoms with E-state index in [2.05, 4.69) is 53.6 Å². The van der Waals surface area contributed by atoms with Crippen LogP contribution in [0.5, 0.6) is 5.75 Å². The smallest absolute Gasteiger partial charge is 0.237 e. The highest BCUT2D eigenvalue weighted by Crippen LogP contribution is 2.33. The molecule has 164 valence electrons. The fraction of sp³-hybridized carbons (Fsp3) is 0.348. The molecule has 0 aliphatic carbocycles. The average molecular weight is 474 g/mol. The van der Waals surface area contributed by atoms with E-state index in [9.17, 15) is 4.79 Å².